The van der Waals surface area contributed by atoms with Crippen molar-refractivity contribution >= 4 is 16.1 Å². The van der Waals surface area contributed by atoms with Crippen LogP contribution in [0.25, 0.3) is 0 Å². The van der Waals surface area contributed by atoms with E-state index in [9.17, 15) is 13.2 Å². The molecule has 0 aromatic heterocycles. The van der Waals surface area contributed by atoms with E-state index in [0.717, 1.165) is 5.56 Å². The van der Waals surface area contributed by atoms with Gasteiger partial charge in [-0.1, -0.05) is 30.3 Å². The molecule has 1 aromatic carbocycles. The molecule has 1 aromatic rings. The summed E-state index contributed by atoms with van der Waals surface area (Å²) in [6.07, 6.45) is 0. The van der Waals surface area contributed by atoms with E-state index in [1.807, 2.05) is 30.3 Å². The Morgan fingerprint density at radius 1 is 1.29 bits per heavy atom. The molecule has 0 fully saturated rings. The summed E-state index contributed by atoms with van der Waals surface area (Å²) in [5.74, 6) is -1.58. The lowest BCUT2D eigenvalue weighted by molar-refractivity contribution is -0.136. The zero-order chi connectivity index (χ0) is 12.9. The molecule has 0 radical (unpaired) electrons. The molecule has 0 bridgehead atoms. The first kappa shape index (κ1) is 13.6. The summed E-state index contributed by atoms with van der Waals surface area (Å²) in [4.78, 5) is 10.6. The number of carbonyl (C=O) groups is 1. The van der Waals surface area contributed by atoms with E-state index < -0.39 is 21.3 Å². The maximum absolute atomic E-state index is 10.7. The number of hydrogen-bond donors (Lipinski definition) is 3. The van der Waals surface area contributed by atoms with E-state index in [1.54, 1.807) is 0 Å². The summed E-state index contributed by atoms with van der Waals surface area (Å²) in [6.45, 7) is -0.0107. The van der Waals surface area contributed by atoms with Gasteiger partial charge in [0, 0.05) is 13.1 Å². The minimum absolute atomic E-state index is 0.333. The fourth-order valence-electron chi connectivity index (χ4n) is 1.26. The fourth-order valence-corrected chi connectivity index (χ4v) is 1.85. The van der Waals surface area contributed by atoms with Gasteiger partial charge >= 0.3 is 5.97 Å². The molecule has 1 rings (SSSR count). The van der Waals surface area contributed by atoms with E-state index in [4.69, 9.17) is 9.66 Å². The maximum atomic E-state index is 10.7. The van der Waals surface area contributed by atoms with Crippen molar-refractivity contribution in [2.75, 3.05) is 6.54 Å². The Kier molecular flexibility index (Phi) is 4.62. The lowest BCUT2D eigenvalue weighted by Gasteiger charge is -2.10. The molecule has 0 spiro atoms. The van der Waals surface area contributed by atoms with Gasteiger partial charge in [0.25, 0.3) is 10.1 Å². The first-order valence-electron chi connectivity index (χ1n) is 4.85. The quantitative estimate of drug-likeness (QED) is 0.627. The molecule has 7 heteroatoms. The average Bonchev–Trinajstić information content (AvgIpc) is 2.23. The van der Waals surface area contributed by atoms with Crippen LogP contribution in [0.5, 0.6) is 0 Å². The van der Waals surface area contributed by atoms with Crippen molar-refractivity contribution in [1.29, 1.82) is 0 Å². The number of carboxylic acids is 1. The molecule has 94 valence electrons. The molecular formula is C10H13NO5S. The monoisotopic (exact) mass is 259 g/mol. The van der Waals surface area contributed by atoms with Crippen LogP contribution in [0.4, 0.5) is 0 Å². The first-order chi connectivity index (χ1) is 7.91. The Morgan fingerprint density at radius 3 is 2.35 bits per heavy atom. The van der Waals surface area contributed by atoms with Gasteiger partial charge in [-0.15, -0.1) is 0 Å². The van der Waals surface area contributed by atoms with Gasteiger partial charge in [-0.2, -0.15) is 8.42 Å². The standard InChI is InChI=1S/C10H13NO5S/c12-10(13)9(17(14,15)16)7-11-6-8-4-2-1-3-5-8/h1-5,9,11H,6-7H2,(H,12,13)(H,14,15,16). The molecule has 0 aliphatic heterocycles. The minimum Gasteiger partial charge on any atom is -0.480 e. The SMILES string of the molecule is O=C(O)C(CNCc1ccccc1)S(=O)(=O)O. The van der Waals surface area contributed by atoms with Crippen molar-refractivity contribution < 1.29 is 22.9 Å². The van der Waals surface area contributed by atoms with Gasteiger partial charge in [0.05, 0.1) is 0 Å². The minimum atomic E-state index is -4.58. The lowest BCUT2D eigenvalue weighted by Crippen LogP contribution is -2.39. The van der Waals surface area contributed by atoms with Crippen LogP contribution in [0.15, 0.2) is 30.3 Å². The van der Waals surface area contributed by atoms with Gasteiger partial charge in [-0.25, -0.2) is 0 Å². The van der Waals surface area contributed by atoms with E-state index >= 15 is 0 Å². The van der Waals surface area contributed by atoms with Crippen LogP contribution in [0.1, 0.15) is 5.56 Å². The zero-order valence-corrected chi connectivity index (χ0v) is 9.72. The Bertz CT molecular complexity index is 471. The van der Waals surface area contributed by atoms with Gasteiger partial charge < -0.3 is 10.4 Å². The molecule has 1 atom stereocenters. The van der Waals surface area contributed by atoms with Crippen LogP contribution < -0.4 is 5.32 Å². The zero-order valence-electron chi connectivity index (χ0n) is 8.91. The van der Waals surface area contributed by atoms with Crippen LogP contribution in [0, 0.1) is 0 Å². The Morgan fingerprint density at radius 2 is 1.88 bits per heavy atom. The Balaban J connectivity index is 2.52. The van der Waals surface area contributed by atoms with E-state index in [-0.39, 0.29) is 6.54 Å². The van der Waals surface area contributed by atoms with Gasteiger partial charge in [0.2, 0.25) is 0 Å². The number of aliphatic carboxylic acids is 1. The van der Waals surface area contributed by atoms with Crippen molar-refractivity contribution in [3.05, 3.63) is 35.9 Å². The number of carboxylic acid groups (broad SMARTS) is 1. The second-order valence-electron chi connectivity index (χ2n) is 3.46. The van der Waals surface area contributed by atoms with Gasteiger partial charge in [0.1, 0.15) is 0 Å². The highest BCUT2D eigenvalue weighted by atomic mass is 32.2. The highest BCUT2D eigenvalue weighted by Crippen LogP contribution is 2.00. The third kappa shape index (κ3) is 4.51. The summed E-state index contributed by atoms with van der Waals surface area (Å²) >= 11 is 0. The molecule has 0 aliphatic carbocycles. The van der Waals surface area contributed by atoms with Crippen LogP contribution in [0.3, 0.4) is 0 Å². The molecule has 3 N–H and O–H groups in total. The predicted molar refractivity (Wildman–Crippen MR) is 61.1 cm³/mol. The van der Waals surface area contributed by atoms with Crippen LogP contribution in [-0.4, -0.2) is 35.8 Å². The second-order valence-corrected chi connectivity index (χ2v) is 5.06. The second kappa shape index (κ2) is 5.76. The van der Waals surface area contributed by atoms with Gasteiger partial charge in [-0.05, 0) is 5.56 Å². The fraction of sp³-hybridized carbons (Fsp3) is 0.300. The van der Waals surface area contributed by atoms with Crippen molar-refractivity contribution in [3.8, 4) is 0 Å². The number of benzene rings is 1. The molecule has 0 aliphatic rings. The molecule has 0 saturated heterocycles. The topological polar surface area (TPSA) is 104 Å². The normalized spacial score (nSPS) is 13.2. The summed E-state index contributed by atoms with van der Waals surface area (Å²) < 4.78 is 30.2. The third-order valence-electron chi connectivity index (χ3n) is 2.14. The van der Waals surface area contributed by atoms with Crippen molar-refractivity contribution in [1.82, 2.24) is 5.32 Å². The van der Waals surface area contributed by atoms with Crippen molar-refractivity contribution in [3.63, 3.8) is 0 Å². The van der Waals surface area contributed by atoms with Crippen molar-refractivity contribution in [2.24, 2.45) is 0 Å². The first-order valence-corrected chi connectivity index (χ1v) is 6.35. The molecule has 0 amide bonds. The summed E-state index contributed by atoms with van der Waals surface area (Å²) in [7, 11) is -4.58. The Hall–Kier alpha value is -1.44. The van der Waals surface area contributed by atoms with Gasteiger partial charge in [0.15, 0.2) is 5.25 Å². The molecule has 0 saturated carbocycles. The third-order valence-corrected chi connectivity index (χ3v) is 3.22. The largest absolute Gasteiger partial charge is 0.480 e. The maximum Gasteiger partial charge on any atom is 0.325 e. The van der Waals surface area contributed by atoms with E-state index in [0.29, 0.717) is 6.54 Å². The molecule has 17 heavy (non-hydrogen) atoms. The lowest BCUT2D eigenvalue weighted by atomic mass is 10.2. The summed E-state index contributed by atoms with van der Waals surface area (Å²) in [6, 6.07) is 9.09. The van der Waals surface area contributed by atoms with Crippen LogP contribution in [0.2, 0.25) is 0 Å². The number of nitrogens with one attached hydrogen (secondary N) is 1. The highest BCUT2D eigenvalue weighted by molar-refractivity contribution is 7.87. The molecule has 0 heterocycles. The highest BCUT2D eigenvalue weighted by Gasteiger charge is 2.30. The van der Waals surface area contributed by atoms with E-state index in [2.05, 4.69) is 5.32 Å². The van der Waals surface area contributed by atoms with E-state index in [1.165, 1.54) is 0 Å². The van der Waals surface area contributed by atoms with Crippen LogP contribution >= 0.6 is 0 Å². The molecular weight excluding hydrogens is 246 g/mol. The Labute approximate surface area is 99.0 Å². The average molecular weight is 259 g/mol. The van der Waals surface area contributed by atoms with Crippen LogP contribution in [-0.2, 0) is 21.5 Å². The summed E-state index contributed by atoms with van der Waals surface area (Å²) in [5, 5.41) is 9.46. The molecule has 1 unspecified atom stereocenters. The number of hydrogen-bond acceptors (Lipinski definition) is 4. The van der Waals surface area contributed by atoms with Crippen molar-refractivity contribution in [2.45, 2.75) is 11.8 Å². The molecule has 6 nitrogen and oxygen atoms in total. The van der Waals surface area contributed by atoms with Gasteiger partial charge in [-0.3, -0.25) is 9.35 Å². The smallest absolute Gasteiger partial charge is 0.325 e. The number of rotatable bonds is 6. The predicted octanol–water partition coefficient (Wildman–Crippen LogP) is 0.117. The summed E-state index contributed by atoms with van der Waals surface area (Å²) in [5.41, 5.74) is 0.895.